The Morgan fingerprint density at radius 1 is 1.29 bits per heavy atom. The van der Waals surface area contributed by atoms with E-state index in [2.05, 4.69) is 15.9 Å². The first-order chi connectivity index (χ1) is 8.08. The van der Waals surface area contributed by atoms with Crippen LogP contribution in [-0.2, 0) is 6.54 Å². The van der Waals surface area contributed by atoms with Crippen LogP contribution in [0.15, 0.2) is 45.8 Å². The van der Waals surface area contributed by atoms with Gasteiger partial charge in [-0.1, -0.05) is 12.1 Å². The van der Waals surface area contributed by atoms with Gasteiger partial charge in [0.2, 0.25) is 0 Å². The van der Waals surface area contributed by atoms with Crippen LogP contribution in [0.3, 0.4) is 0 Å². The number of anilines is 1. The summed E-state index contributed by atoms with van der Waals surface area (Å²) in [6, 6.07) is 9.04. The van der Waals surface area contributed by atoms with Gasteiger partial charge < -0.3 is 10.3 Å². The molecule has 0 saturated carbocycles. The van der Waals surface area contributed by atoms with E-state index in [1.54, 1.807) is 22.9 Å². The first-order valence-corrected chi connectivity index (χ1v) is 6.07. The molecule has 0 unspecified atom stereocenters. The Balaban J connectivity index is 2.41. The first-order valence-electron chi connectivity index (χ1n) is 5.28. The van der Waals surface area contributed by atoms with Gasteiger partial charge in [-0.15, -0.1) is 0 Å². The van der Waals surface area contributed by atoms with E-state index in [1.807, 2.05) is 25.1 Å². The van der Waals surface area contributed by atoms with Gasteiger partial charge in [0.05, 0.1) is 6.54 Å². The molecule has 0 radical (unpaired) electrons. The van der Waals surface area contributed by atoms with Gasteiger partial charge in [0.25, 0.3) is 5.56 Å². The van der Waals surface area contributed by atoms with Crippen LogP contribution in [0.5, 0.6) is 0 Å². The van der Waals surface area contributed by atoms with Gasteiger partial charge in [-0.25, -0.2) is 0 Å². The summed E-state index contributed by atoms with van der Waals surface area (Å²) in [5.74, 6) is 0. The zero-order chi connectivity index (χ0) is 12.4. The Morgan fingerprint density at radius 2 is 2.06 bits per heavy atom. The predicted octanol–water partition coefficient (Wildman–Crippen LogP) is 2.55. The number of nitrogen functional groups attached to an aromatic ring is 1. The van der Waals surface area contributed by atoms with E-state index in [0.717, 1.165) is 21.3 Å². The molecule has 1 heterocycles. The summed E-state index contributed by atoms with van der Waals surface area (Å²) in [6.45, 7) is 2.50. The highest BCUT2D eigenvalue weighted by molar-refractivity contribution is 9.10. The highest BCUT2D eigenvalue weighted by atomic mass is 79.9. The van der Waals surface area contributed by atoms with Gasteiger partial charge in [-0.3, -0.25) is 4.79 Å². The highest BCUT2D eigenvalue weighted by Gasteiger charge is 2.03. The zero-order valence-corrected chi connectivity index (χ0v) is 11.1. The minimum atomic E-state index is -0.0185. The van der Waals surface area contributed by atoms with E-state index < -0.39 is 0 Å². The number of aromatic nitrogens is 1. The molecule has 0 atom stereocenters. The van der Waals surface area contributed by atoms with Crippen molar-refractivity contribution in [3.63, 3.8) is 0 Å². The second-order valence-corrected chi connectivity index (χ2v) is 4.86. The van der Waals surface area contributed by atoms with Crippen molar-refractivity contribution < 1.29 is 0 Å². The van der Waals surface area contributed by atoms with Crippen LogP contribution in [0.4, 0.5) is 5.69 Å². The van der Waals surface area contributed by atoms with Gasteiger partial charge in [0.15, 0.2) is 0 Å². The van der Waals surface area contributed by atoms with Crippen molar-refractivity contribution in [2.75, 3.05) is 5.73 Å². The van der Waals surface area contributed by atoms with E-state index in [9.17, 15) is 4.79 Å². The molecule has 2 aromatic rings. The number of pyridine rings is 1. The van der Waals surface area contributed by atoms with E-state index >= 15 is 0 Å². The average Bonchev–Trinajstić information content (AvgIpc) is 2.30. The lowest BCUT2D eigenvalue weighted by Crippen LogP contribution is -2.19. The number of hydrogen-bond donors (Lipinski definition) is 1. The maximum absolute atomic E-state index is 11.7. The molecule has 0 spiro atoms. The molecule has 2 rings (SSSR count). The van der Waals surface area contributed by atoms with E-state index in [1.165, 1.54) is 0 Å². The summed E-state index contributed by atoms with van der Waals surface area (Å²) in [4.78, 5) is 11.7. The fourth-order valence-electron chi connectivity index (χ4n) is 1.68. The fraction of sp³-hybridized carbons (Fsp3) is 0.154. The van der Waals surface area contributed by atoms with Crippen LogP contribution in [0.2, 0.25) is 0 Å². The molecule has 0 aliphatic carbocycles. The molecular formula is C13H13BrN2O. The van der Waals surface area contributed by atoms with E-state index in [4.69, 9.17) is 5.73 Å². The standard InChI is InChI=1S/C13H13BrN2O/c1-9-10(3-2-4-12(9)15)7-16-8-11(14)5-6-13(16)17/h2-6,8H,7,15H2,1H3. The van der Waals surface area contributed by atoms with Crippen molar-refractivity contribution in [1.82, 2.24) is 4.57 Å². The number of rotatable bonds is 2. The summed E-state index contributed by atoms with van der Waals surface area (Å²) >= 11 is 3.36. The molecule has 4 heteroatoms. The van der Waals surface area contributed by atoms with Gasteiger partial charge >= 0.3 is 0 Å². The smallest absolute Gasteiger partial charge is 0.250 e. The van der Waals surface area contributed by atoms with Crippen LogP contribution in [0.25, 0.3) is 0 Å². The quantitative estimate of drug-likeness (QED) is 0.865. The molecule has 0 fully saturated rings. The van der Waals surface area contributed by atoms with E-state index in [-0.39, 0.29) is 5.56 Å². The number of nitrogens with two attached hydrogens (primary N) is 1. The van der Waals surface area contributed by atoms with Crippen molar-refractivity contribution in [1.29, 1.82) is 0 Å². The maximum Gasteiger partial charge on any atom is 0.250 e. The maximum atomic E-state index is 11.7. The fourth-order valence-corrected chi connectivity index (χ4v) is 2.06. The number of halogens is 1. The Hall–Kier alpha value is -1.55. The Morgan fingerprint density at radius 3 is 2.82 bits per heavy atom. The van der Waals surface area contributed by atoms with Crippen molar-refractivity contribution >= 4 is 21.6 Å². The van der Waals surface area contributed by atoms with Crippen molar-refractivity contribution in [3.8, 4) is 0 Å². The molecule has 1 aromatic heterocycles. The third-order valence-electron chi connectivity index (χ3n) is 2.78. The second-order valence-electron chi connectivity index (χ2n) is 3.94. The first kappa shape index (κ1) is 11.9. The van der Waals surface area contributed by atoms with Crippen LogP contribution in [0.1, 0.15) is 11.1 Å². The van der Waals surface area contributed by atoms with E-state index in [0.29, 0.717) is 6.54 Å². The molecular weight excluding hydrogens is 280 g/mol. The summed E-state index contributed by atoms with van der Waals surface area (Å²) in [5.41, 5.74) is 8.67. The van der Waals surface area contributed by atoms with Gasteiger partial charge in [0.1, 0.15) is 0 Å². The normalized spacial score (nSPS) is 10.5. The average molecular weight is 293 g/mol. The second kappa shape index (κ2) is 4.75. The number of nitrogens with zero attached hydrogens (tertiary/aromatic N) is 1. The summed E-state index contributed by atoms with van der Waals surface area (Å²) in [6.07, 6.45) is 1.78. The minimum Gasteiger partial charge on any atom is -0.399 e. The molecule has 17 heavy (non-hydrogen) atoms. The lowest BCUT2D eigenvalue weighted by atomic mass is 10.1. The summed E-state index contributed by atoms with van der Waals surface area (Å²) < 4.78 is 2.55. The molecule has 1 aromatic carbocycles. The largest absolute Gasteiger partial charge is 0.399 e. The summed E-state index contributed by atoms with van der Waals surface area (Å²) in [5, 5.41) is 0. The molecule has 88 valence electrons. The zero-order valence-electron chi connectivity index (χ0n) is 9.48. The molecule has 2 N–H and O–H groups in total. The molecule has 0 aliphatic rings. The Kier molecular flexibility index (Phi) is 3.33. The predicted molar refractivity (Wildman–Crippen MR) is 73.1 cm³/mol. The third kappa shape index (κ3) is 2.58. The van der Waals surface area contributed by atoms with Gasteiger partial charge in [-0.05, 0) is 46.1 Å². The molecule has 0 bridgehead atoms. The topological polar surface area (TPSA) is 48.0 Å². The molecule has 0 amide bonds. The van der Waals surface area contributed by atoms with Crippen LogP contribution in [0, 0.1) is 6.92 Å². The van der Waals surface area contributed by atoms with Crippen LogP contribution < -0.4 is 11.3 Å². The SMILES string of the molecule is Cc1c(N)cccc1Cn1cc(Br)ccc1=O. The molecule has 0 aliphatic heterocycles. The number of hydrogen-bond acceptors (Lipinski definition) is 2. The van der Waals surface area contributed by atoms with Crippen LogP contribution in [-0.4, -0.2) is 4.57 Å². The summed E-state index contributed by atoms with van der Waals surface area (Å²) in [7, 11) is 0. The lowest BCUT2D eigenvalue weighted by molar-refractivity contribution is 0.752. The Labute approximate surface area is 108 Å². The van der Waals surface area contributed by atoms with Crippen molar-refractivity contribution in [2.45, 2.75) is 13.5 Å². The Bertz CT molecular complexity index is 605. The van der Waals surface area contributed by atoms with Gasteiger partial charge in [0, 0.05) is 22.4 Å². The highest BCUT2D eigenvalue weighted by Crippen LogP contribution is 2.16. The van der Waals surface area contributed by atoms with Crippen LogP contribution >= 0.6 is 15.9 Å². The minimum absolute atomic E-state index is 0.0185. The lowest BCUT2D eigenvalue weighted by Gasteiger charge is -2.10. The van der Waals surface area contributed by atoms with Gasteiger partial charge in [-0.2, -0.15) is 0 Å². The van der Waals surface area contributed by atoms with Crippen molar-refractivity contribution in [2.24, 2.45) is 0 Å². The molecule has 3 nitrogen and oxygen atoms in total. The monoisotopic (exact) mass is 292 g/mol. The molecule has 0 saturated heterocycles. The van der Waals surface area contributed by atoms with Crippen molar-refractivity contribution in [3.05, 3.63) is 62.5 Å². The third-order valence-corrected chi connectivity index (χ3v) is 3.25. The number of benzene rings is 1.